The highest BCUT2D eigenvalue weighted by Gasteiger charge is 2.17. The van der Waals surface area contributed by atoms with Crippen molar-refractivity contribution < 1.29 is 14.1 Å². The Labute approximate surface area is 188 Å². The monoisotopic (exact) mass is 450 g/mol. The number of amides is 1. The fourth-order valence-corrected chi connectivity index (χ4v) is 3.38. The Morgan fingerprint density at radius 1 is 1.16 bits per heavy atom. The van der Waals surface area contributed by atoms with Crippen molar-refractivity contribution in [2.24, 2.45) is 0 Å². The molecule has 2 aromatic heterocycles. The zero-order valence-corrected chi connectivity index (χ0v) is 18.1. The standard InChI is InChI=1S/C23H19ClN4O4/c1-14-6-3-4-7-16(14)21-26-22(32-27-21)17-8-5-11-28(23(17)30)13-20(29)25-18-12-15(24)9-10-19(18)31-2/h3-12H,13H2,1-2H3,(H,25,29). The molecule has 0 aliphatic carbocycles. The first-order valence-electron chi connectivity index (χ1n) is 9.69. The topological polar surface area (TPSA) is 99.2 Å². The van der Waals surface area contributed by atoms with E-state index >= 15 is 0 Å². The van der Waals surface area contributed by atoms with E-state index in [2.05, 4.69) is 15.5 Å². The first kappa shape index (κ1) is 21.3. The number of halogens is 1. The predicted octanol–water partition coefficient (Wildman–Crippen LogP) is 4.17. The van der Waals surface area contributed by atoms with Gasteiger partial charge < -0.3 is 19.1 Å². The summed E-state index contributed by atoms with van der Waals surface area (Å²) >= 11 is 6.00. The van der Waals surface area contributed by atoms with E-state index in [0.29, 0.717) is 22.3 Å². The average Bonchev–Trinajstić information content (AvgIpc) is 3.25. The van der Waals surface area contributed by atoms with Crippen LogP contribution in [0.5, 0.6) is 5.75 Å². The van der Waals surface area contributed by atoms with Crippen LogP contribution in [0.3, 0.4) is 0 Å². The van der Waals surface area contributed by atoms with Gasteiger partial charge in [0.05, 0.1) is 12.8 Å². The molecule has 0 fully saturated rings. The molecule has 1 N–H and O–H groups in total. The molecule has 4 aromatic rings. The maximum Gasteiger partial charge on any atom is 0.263 e. The molecule has 0 radical (unpaired) electrons. The SMILES string of the molecule is COc1ccc(Cl)cc1NC(=O)Cn1cccc(-c2nc(-c3ccccc3C)no2)c1=O. The van der Waals surface area contributed by atoms with E-state index in [1.807, 2.05) is 31.2 Å². The number of carbonyl (C=O) groups excluding carboxylic acids is 1. The summed E-state index contributed by atoms with van der Waals surface area (Å²) in [6, 6.07) is 15.7. The highest BCUT2D eigenvalue weighted by atomic mass is 35.5. The summed E-state index contributed by atoms with van der Waals surface area (Å²) in [4.78, 5) is 29.9. The molecular weight excluding hydrogens is 432 g/mol. The van der Waals surface area contributed by atoms with Crippen LogP contribution in [0.25, 0.3) is 22.8 Å². The third-order valence-corrected chi connectivity index (χ3v) is 5.05. The van der Waals surface area contributed by atoms with Gasteiger partial charge in [-0.2, -0.15) is 4.98 Å². The summed E-state index contributed by atoms with van der Waals surface area (Å²) in [5, 5.41) is 7.15. The minimum absolute atomic E-state index is 0.0829. The van der Waals surface area contributed by atoms with Crippen molar-refractivity contribution in [2.45, 2.75) is 13.5 Å². The number of pyridine rings is 1. The zero-order valence-electron chi connectivity index (χ0n) is 17.3. The number of aromatic nitrogens is 3. The second-order valence-electron chi connectivity index (χ2n) is 6.99. The Hall–Kier alpha value is -3.91. The molecule has 0 saturated heterocycles. The Kier molecular flexibility index (Phi) is 6.04. The molecule has 0 unspecified atom stereocenters. The molecular formula is C23H19ClN4O4. The molecule has 32 heavy (non-hydrogen) atoms. The second-order valence-corrected chi connectivity index (χ2v) is 7.42. The van der Waals surface area contributed by atoms with Crippen LogP contribution in [0.4, 0.5) is 5.69 Å². The zero-order chi connectivity index (χ0) is 22.7. The van der Waals surface area contributed by atoms with Crippen LogP contribution in [-0.4, -0.2) is 27.7 Å². The Bertz CT molecular complexity index is 1350. The minimum Gasteiger partial charge on any atom is -0.495 e. The summed E-state index contributed by atoms with van der Waals surface area (Å²) in [6.07, 6.45) is 1.51. The predicted molar refractivity (Wildman–Crippen MR) is 121 cm³/mol. The van der Waals surface area contributed by atoms with Crippen LogP contribution in [0, 0.1) is 6.92 Å². The molecule has 2 aromatic carbocycles. The summed E-state index contributed by atoms with van der Waals surface area (Å²) in [6.45, 7) is 1.72. The second kappa shape index (κ2) is 9.07. The molecule has 0 aliphatic rings. The smallest absolute Gasteiger partial charge is 0.263 e. The van der Waals surface area contributed by atoms with Gasteiger partial charge in [0.1, 0.15) is 17.9 Å². The third kappa shape index (κ3) is 4.40. The molecule has 1 amide bonds. The number of anilines is 1. The third-order valence-electron chi connectivity index (χ3n) is 4.81. The number of benzene rings is 2. The lowest BCUT2D eigenvalue weighted by Crippen LogP contribution is -2.28. The van der Waals surface area contributed by atoms with Crippen LogP contribution >= 0.6 is 11.6 Å². The molecule has 9 heteroatoms. The largest absolute Gasteiger partial charge is 0.495 e. The van der Waals surface area contributed by atoms with E-state index in [9.17, 15) is 9.59 Å². The number of methoxy groups -OCH3 is 1. The van der Waals surface area contributed by atoms with Crippen molar-refractivity contribution in [3.8, 4) is 28.6 Å². The van der Waals surface area contributed by atoms with Gasteiger partial charge in [0, 0.05) is 16.8 Å². The van der Waals surface area contributed by atoms with Gasteiger partial charge in [-0.1, -0.05) is 41.0 Å². The molecule has 8 nitrogen and oxygen atoms in total. The highest BCUT2D eigenvalue weighted by Crippen LogP contribution is 2.27. The number of aryl methyl sites for hydroxylation is 1. The molecule has 2 heterocycles. The minimum atomic E-state index is -0.430. The Morgan fingerprint density at radius 3 is 2.72 bits per heavy atom. The van der Waals surface area contributed by atoms with Gasteiger partial charge in [-0.25, -0.2) is 0 Å². The first-order chi connectivity index (χ1) is 15.5. The van der Waals surface area contributed by atoms with E-state index in [4.69, 9.17) is 20.9 Å². The molecule has 0 bridgehead atoms. The molecule has 4 rings (SSSR count). The van der Waals surface area contributed by atoms with Gasteiger partial charge in [0.2, 0.25) is 11.7 Å². The van der Waals surface area contributed by atoms with E-state index in [1.54, 1.807) is 30.3 Å². The summed E-state index contributed by atoms with van der Waals surface area (Å²) in [5.74, 6) is 0.507. The van der Waals surface area contributed by atoms with Crippen LogP contribution in [0.15, 0.2) is 70.1 Å². The molecule has 0 aliphatic heterocycles. The first-order valence-corrected chi connectivity index (χ1v) is 10.1. The van der Waals surface area contributed by atoms with Gasteiger partial charge >= 0.3 is 0 Å². The van der Waals surface area contributed by atoms with Crippen molar-refractivity contribution in [3.63, 3.8) is 0 Å². The van der Waals surface area contributed by atoms with Gasteiger partial charge in [0.15, 0.2) is 0 Å². The number of ether oxygens (including phenoxy) is 1. The van der Waals surface area contributed by atoms with Gasteiger partial charge in [-0.05, 0) is 42.8 Å². The normalized spacial score (nSPS) is 10.7. The van der Waals surface area contributed by atoms with E-state index < -0.39 is 11.5 Å². The number of nitrogens with one attached hydrogen (secondary N) is 1. The Morgan fingerprint density at radius 2 is 1.94 bits per heavy atom. The molecule has 162 valence electrons. The summed E-state index contributed by atoms with van der Waals surface area (Å²) < 4.78 is 11.8. The van der Waals surface area contributed by atoms with Gasteiger partial charge in [-0.3, -0.25) is 9.59 Å². The van der Waals surface area contributed by atoms with E-state index in [0.717, 1.165) is 11.1 Å². The van der Waals surface area contributed by atoms with Crippen LogP contribution < -0.4 is 15.6 Å². The van der Waals surface area contributed by atoms with Crippen LogP contribution in [-0.2, 0) is 11.3 Å². The number of carbonyl (C=O) groups is 1. The maximum absolute atomic E-state index is 13.0. The van der Waals surface area contributed by atoms with Crippen molar-refractivity contribution >= 4 is 23.2 Å². The summed E-state index contributed by atoms with van der Waals surface area (Å²) in [5.41, 5.74) is 1.98. The van der Waals surface area contributed by atoms with Crippen molar-refractivity contribution in [3.05, 3.63) is 81.7 Å². The lowest BCUT2D eigenvalue weighted by molar-refractivity contribution is -0.116. The number of hydrogen-bond donors (Lipinski definition) is 1. The lowest BCUT2D eigenvalue weighted by atomic mass is 10.1. The van der Waals surface area contributed by atoms with Crippen LogP contribution in [0.1, 0.15) is 5.56 Å². The van der Waals surface area contributed by atoms with Crippen molar-refractivity contribution in [2.75, 3.05) is 12.4 Å². The van der Waals surface area contributed by atoms with Crippen molar-refractivity contribution in [1.82, 2.24) is 14.7 Å². The number of hydrogen-bond acceptors (Lipinski definition) is 6. The van der Waals surface area contributed by atoms with Gasteiger partial charge in [-0.15, -0.1) is 0 Å². The average molecular weight is 451 g/mol. The van der Waals surface area contributed by atoms with Crippen molar-refractivity contribution in [1.29, 1.82) is 0 Å². The fraction of sp³-hybridized carbons (Fsp3) is 0.130. The fourth-order valence-electron chi connectivity index (χ4n) is 3.21. The lowest BCUT2D eigenvalue weighted by Gasteiger charge is -2.11. The maximum atomic E-state index is 13.0. The highest BCUT2D eigenvalue weighted by molar-refractivity contribution is 6.31. The summed E-state index contributed by atoms with van der Waals surface area (Å²) in [7, 11) is 1.49. The number of rotatable bonds is 6. The quantitative estimate of drug-likeness (QED) is 0.473. The molecule has 0 atom stereocenters. The van der Waals surface area contributed by atoms with Gasteiger partial charge in [0.25, 0.3) is 11.4 Å². The van der Waals surface area contributed by atoms with Crippen LogP contribution in [0.2, 0.25) is 5.02 Å². The molecule has 0 saturated carbocycles. The Balaban J connectivity index is 1.57. The number of nitrogens with zero attached hydrogens (tertiary/aromatic N) is 3. The van der Waals surface area contributed by atoms with E-state index in [1.165, 1.54) is 17.9 Å². The molecule has 0 spiro atoms. The van der Waals surface area contributed by atoms with E-state index in [-0.39, 0.29) is 18.0 Å².